The molecule has 0 aromatic carbocycles. The number of thiophene rings is 1. The second-order valence-corrected chi connectivity index (χ2v) is 8.72. The lowest BCUT2D eigenvalue weighted by atomic mass is 9.99. The Labute approximate surface area is 172 Å². The maximum Gasteiger partial charge on any atom is 0.264 e. The van der Waals surface area contributed by atoms with Crippen LogP contribution in [0.5, 0.6) is 0 Å². The zero-order chi connectivity index (χ0) is 20.0. The minimum atomic E-state index is -0.285. The Morgan fingerprint density at radius 1 is 1.17 bits per heavy atom. The summed E-state index contributed by atoms with van der Waals surface area (Å²) in [7, 11) is 0. The third-order valence-corrected chi connectivity index (χ3v) is 7.06. The zero-order valence-corrected chi connectivity index (χ0v) is 17.1. The van der Waals surface area contributed by atoms with Gasteiger partial charge in [0.2, 0.25) is 5.91 Å². The van der Waals surface area contributed by atoms with Gasteiger partial charge < -0.3 is 9.80 Å². The highest BCUT2D eigenvalue weighted by Gasteiger charge is 2.35. The fraction of sp³-hybridized carbons (Fsp3) is 0.450. The normalized spacial score (nSPS) is 19.4. The van der Waals surface area contributed by atoms with E-state index in [-0.39, 0.29) is 17.9 Å². The first kappa shape index (κ1) is 18.2. The molecule has 1 aliphatic carbocycles. The number of aryl methyl sites for hydroxylation is 2. The van der Waals surface area contributed by atoms with Gasteiger partial charge in [0, 0.05) is 37.6 Å². The highest BCUT2D eigenvalue weighted by Crippen LogP contribution is 2.32. The monoisotopic (exact) mass is 410 g/mol. The Kier molecular flexibility index (Phi) is 4.54. The molecule has 3 aromatic rings. The molecule has 1 saturated heterocycles. The van der Waals surface area contributed by atoms with E-state index in [1.807, 2.05) is 11.0 Å². The number of rotatable bonds is 2. The van der Waals surface area contributed by atoms with Gasteiger partial charge in [0.15, 0.2) is 0 Å². The van der Waals surface area contributed by atoms with E-state index >= 15 is 0 Å². The predicted molar refractivity (Wildman–Crippen MR) is 108 cm³/mol. The van der Waals surface area contributed by atoms with Crippen molar-refractivity contribution in [2.24, 2.45) is 0 Å². The molecule has 1 aliphatic heterocycles. The van der Waals surface area contributed by atoms with E-state index in [9.17, 15) is 9.59 Å². The van der Waals surface area contributed by atoms with E-state index in [1.54, 1.807) is 33.9 Å². The van der Waals surface area contributed by atoms with Crippen molar-refractivity contribution in [1.82, 2.24) is 29.4 Å². The first-order valence-electron chi connectivity index (χ1n) is 9.94. The molecule has 0 bridgehead atoms. The van der Waals surface area contributed by atoms with E-state index in [4.69, 9.17) is 0 Å². The number of hydrogen-bond donors (Lipinski definition) is 0. The van der Waals surface area contributed by atoms with Gasteiger partial charge in [0.05, 0.1) is 16.6 Å². The van der Waals surface area contributed by atoms with E-state index in [1.165, 1.54) is 29.6 Å². The number of piperazine rings is 1. The largest absolute Gasteiger partial charge is 0.334 e. The lowest BCUT2D eigenvalue weighted by molar-refractivity contribution is -0.133. The van der Waals surface area contributed by atoms with Gasteiger partial charge in [-0.25, -0.2) is 4.98 Å². The third kappa shape index (κ3) is 3.19. The average molecular weight is 411 g/mol. The molecule has 1 atom stereocenters. The molecule has 29 heavy (non-hydrogen) atoms. The molecule has 2 amide bonds. The van der Waals surface area contributed by atoms with E-state index < -0.39 is 0 Å². The van der Waals surface area contributed by atoms with Gasteiger partial charge in [0.25, 0.3) is 11.7 Å². The number of carbonyl (C=O) groups excluding carboxylic acids is 2. The van der Waals surface area contributed by atoms with Crippen molar-refractivity contribution in [2.75, 3.05) is 19.6 Å². The summed E-state index contributed by atoms with van der Waals surface area (Å²) in [5, 5.41) is 4.26. The molecular weight excluding hydrogens is 388 g/mol. The average Bonchev–Trinajstić information content (AvgIpc) is 3.39. The van der Waals surface area contributed by atoms with Crippen LogP contribution in [0.1, 0.15) is 51.6 Å². The quantitative estimate of drug-likeness (QED) is 0.646. The maximum absolute atomic E-state index is 13.3. The Morgan fingerprint density at radius 3 is 2.86 bits per heavy atom. The van der Waals surface area contributed by atoms with Crippen molar-refractivity contribution < 1.29 is 9.59 Å². The highest BCUT2D eigenvalue weighted by molar-refractivity contribution is 7.14. The number of amides is 2. The van der Waals surface area contributed by atoms with Gasteiger partial charge in [0.1, 0.15) is 6.33 Å². The van der Waals surface area contributed by atoms with Crippen molar-refractivity contribution in [1.29, 1.82) is 0 Å². The Balaban J connectivity index is 1.46. The molecule has 0 N–H and O–H groups in total. The van der Waals surface area contributed by atoms with Crippen LogP contribution in [0.4, 0.5) is 0 Å². The number of fused-ring (bicyclic) bond motifs is 2. The molecule has 9 heteroatoms. The second-order valence-electron chi connectivity index (χ2n) is 7.59. The van der Waals surface area contributed by atoms with Gasteiger partial charge in [-0.3, -0.25) is 9.59 Å². The number of carbonyl (C=O) groups is 2. The maximum atomic E-state index is 13.3. The molecule has 5 rings (SSSR count). The lowest BCUT2D eigenvalue weighted by Gasteiger charge is -2.40. The highest BCUT2D eigenvalue weighted by atomic mass is 32.1. The summed E-state index contributed by atoms with van der Waals surface area (Å²) in [6, 6.07) is 3.64. The van der Waals surface area contributed by atoms with Crippen LogP contribution in [0.15, 0.2) is 24.7 Å². The Bertz CT molecular complexity index is 1070. The van der Waals surface area contributed by atoms with Crippen molar-refractivity contribution in [3.8, 4) is 0 Å². The van der Waals surface area contributed by atoms with Crippen molar-refractivity contribution in [3.05, 3.63) is 45.7 Å². The van der Waals surface area contributed by atoms with Gasteiger partial charge in [-0.2, -0.15) is 14.6 Å². The van der Waals surface area contributed by atoms with Gasteiger partial charge in [-0.1, -0.05) is 0 Å². The summed E-state index contributed by atoms with van der Waals surface area (Å²) in [6.45, 7) is 3.02. The van der Waals surface area contributed by atoms with Crippen LogP contribution in [-0.2, 0) is 17.6 Å². The summed E-state index contributed by atoms with van der Waals surface area (Å²) in [5.41, 5.74) is 2.15. The SMILES string of the molecule is CC(=O)N1CCN(C(=O)c2cc3c(s2)CCCC3)CC1c1ccnc2ncnn12. The fourth-order valence-corrected chi connectivity index (χ4v) is 5.58. The summed E-state index contributed by atoms with van der Waals surface area (Å²) in [5.74, 6) is 0.528. The van der Waals surface area contributed by atoms with Crippen LogP contribution in [0, 0.1) is 0 Å². The van der Waals surface area contributed by atoms with E-state index in [2.05, 4.69) is 21.1 Å². The molecule has 4 heterocycles. The van der Waals surface area contributed by atoms with Crippen LogP contribution >= 0.6 is 11.3 Å². The molecule has 1 unspecified atom stereocenters. The van der Waals surface area contributed by atoms with Gasteiger partial charge in [-0.05, 0) is 43.4 Å². The van der Waals surface area contributed by atoms with Crippen LogP contribution < -0.4 is 0 Å². The van der Waals surface area contributed by atoms with Crippen molar-refractivity contribution >= 4 is 28.9 Å². The molecular formula is C20H22N6O2S. The first-order chi connectivity index (χ1) is 14.1. The second kappa shape index (κ2) is 7.22. The molecule has 150 valence electrons. The molecule has 0 spiro atoms. The Morgan fingerprint density at radius 2 is 2.03 bits per heavy atom. The van der Waals surface area contributed by atoms with Crippen LogP contribution in [0.25, 0.3) is 5.78 Å². The summed E-state index contributed by atoms with van der Waals surface area (Å²) < 4.78 is 1.65. The molecule has 0 radical (unpaired) electrons. The molecule has 2 aliphatic rings. The van der Waals surface area contributed by atoms with Crippen molar-refractivity contribution in [3.63, 3.8) is 0 Å². The number of nitrogens with zero attached hydrogens (tertiary/aromatic N) is 6. The summed E-state index contributed by atoms with van der Waals surface area (Å²) in [4.78, 5) is 39.8. The molecule has 8 nitrogen and oxygen atoms in total. The van der Waals surface area contributed by atoms with Crippen LogP contribution in [-0.4, -0.2) is 60.8 Å². The first-order valence-corrected chi connectivity index (χ1v) is 10.8. The van der Waals surface area contributed by atoms with E-state index in [0.29, 0.717) is 25.4 Å². The number of hydrogen-bond acceptors (Lipinski definition) is 6. The topological polar surface area (TPSA) is 83.7 Å². The third-order valence-electron chi connectivity index (χ3n) is 5.83. The van der Waals surface area contributed by atoms with Gasteiger partial charge in [-0.15, -0.1) is 11.3 Å². The van der Waals surface area contributed by atoms with E-state index in [0.717, 1.165) is 23.4 Å². The van der Waals surface area contributed by atoms with Gasteiger partial charge >= 0.3 is 0 Å². The standard InChI is InChI=1S/C20H22N6O2S/c1-13(27)25-9-8-24(19(28)18-10-14-4-2-3-5-17(14)29-18)11-16(25)15-6-7-21-20-22-12-23-26(15)20/h6-7,10,12,16H,2-5,8-9,11H2,1H3. The smallest absolute Gasteiger partial charge is 0.264 e. The lowest BCUT2D eigenvalue weighted by Crippen LogP contribution is -2.52. The minimum absolute atomic E-state index is 0.0150. The fourth-order valence-electron chi connectivity index (χ4n) is 4.36. The molecule has 1 fully saturated rings. The summed E-state index contributed by atoms with van der Waals surface area (Å²) >= 11 is 1.64. The molecule has 3 aromatic heterocycles. The minimum Gasteiger partial charge on any atom is -0.334 e. The van der Waals surface area contributed by atoms with Crippen LogP contribution in [0.3, 0.4) is 0 Å². The zero-order valence-electron chi connectivity index (χ0n) is 16.2. The predicted octanol–water partition coefficient (Wildman–Crippen LogP) is 2.11. The summed E-state index contributed by atoms with van der Waals surface area (Å²) in [6.07, 6.45) is 7.68. The molecule has 0 saturated carbocycles. The number of aromatic nitrogens is 4. The van der Waals surface area contributed by atoms with Crippen LogP contribution in [0.2, 0.25) is 0 Å². The Hall–Kier alpha value is -2.81. The van der Waals surface area contributed by atoms with Crippen molar-refractivity contribution in [2.45, 2.75) is 38.6 Å².